The van der Waals surface area contributed by atoms with E-state index in [1.165, 1.54) is 250 Å². The Morgan fingerprint density at radius 3 is 1.01 bits per heavy atom. The molecule has 3 atom stereocenters. The number of carbonyl (C=O) groups is 1. The molecule has 0 bridgehead atoms. The predicted octanol–water partition coefficient (Wildman–Crippen LogP) is 17.4. The zero-order valence-corrected chi connectivity index (χ0v) is 46.8. The summed E-state index contributed by atoms with van der Waals surface area (Å²) in [7, 11) is 1.33. The van der Waals surface area contributed by atoms with Gasteiger partial charge in [-0.05, 0) is 12.8 Å². The maximum absolute atomic E-state index is 13.0. The summed E-state index contributed by atoms with van der Waals surface area (Å²) in [6.07, 6.45) is 60.0. The number of amides is 1. The molecule has 8 nitrogen and oxygen atoms in total. The van der Waals surface area contributed by atoms with E-state index in [0.717, 1.165) is 38.5 Å². The monoisotopic (exact) mass is 971 g/mol. The molecule has 0 aliphatic carbocycles. The number of hydrogen-bond acceptors (Lipinski definition) is 6. The summed E-state index contributed by atoms with van der Waals surface area (Å²) in [5.41, 5.74) is 0. The summed E-state index contributed by atoms with van der Waals surface area (Å²) in [6.45, 7) is 4.78. The number of rotatable bonds is 56. The van der Waals surface area contributed by atoms with Gasteiger partial charge < -0.3 is 28.8 Å². The number of phosphoric acid groups is 1. The first-order chi connectivity index (χ1) is 32.5. The highest BCUT2D eigenvalue weighted by Gasteiger charge is 2.24. The molecular formula is C58H119N2O6P. The van der Waals surface area contributed by atoms with Crippen LogP contribution in [0.25, 0.3) is 0 Å². The van der Waals surface area contributed by atoms with E-state index >= 15 is 0 Å². The molecule has 0 spiro atoms. The molecule has 67 heavy (non-hydrogen) atoms. The second-order valence-electron chi connectivity index (χ2n) is 22.1. The van der Waals surface area contributed by atoms with Gasteiger partial charge in [0.05, 0.1) is 39.9 Å². The van der Waals surface area contributed by atoms with Gasteiger partial charge >= 0.3 is 0 Å². The number of aliphatic hydroxyl groups excluding tert-OH is 1. The minimum absolute atomic E-state index is 0.0166. The van der Waals surface area contributed by atoms with E-state index in [0.29, 0.717) is 23.9 Å². The molecule has 0 radical (unpaired) electrons. The molecule has 1 amide bonds. The third-order valence-electron chi connectivity index (χ3n) is 14.1. The number of likely N-dealkylation sites (N-methyl/N-ethyl adjacent to an activating group) is 1. The fraction of sp³-hybridized carbons (Fsp3) is 0.983. The van der Waals surface area contributed by atoms with Gasteiger partial charge in [0, 0.05) is 6.42 Å². The molecule has 9 heteroatoms. The predicted molar refractivity (Wildman–Crippen MR) is 289 cm³/mol. The van der Waals surface area contributed by atoms with Crippen LogP contribution in [0.4, 0.5) is 0 Å². The average molecular weight is 972 g/mol. The van der Waals surface area contributed by atoms with Crippen LogP contribution in [0, 0.1) is 0 Å². The number of aliphatic hydroxyl groups is 1. The lowest BCUT2D eigenvalue weighted by Crippen LogP contribution is -2.46. The van der Waals surface area contributed by atoms with Crippen molar-refractivity contribution >= 4 is 13.7 Å². The SMILES string of the molecule is CCCCCCCCCCCCCCCCCCCCCCCCCCCCCCCC(=O)N[C@@H](COP(=O)([O-])OCC[N+](C)(C)C)[C@H](O)CCCCCCCCCCCCCCCCCC. The quantitative estimate of drug-likeness (QED) is 0.0357. The molecular weight excluding hydrogens is 852 g/mol. The number of carbonyl (C=O) groups excluding carboxylic acids is 1. The van der Waals surface area contributed by atoms with Gasteiger partial charge in [-0.15, -0.1) is 0 Å². The van der Waals surface area contributed by atoms with E-state index in [1.807, 2.05) is 21.1 Å². The van der Waals surface area contributed by atoms with Crippen molar-refractivity contribution in [2.75, 3.05) is 40.9 Å². The third kappa shape index (κ3) is 53.1. The van der Waals surface area contributed by atoms with Crippen LogP contribution < -0.4 is 10.2 Å². The van der Waals surface area contributed by atoms with E-state index in [1.54, 1.807) is 0 Å². The average Bonchev–Trinajstić information content (AvgIpc) is 3.29. The molecule has 402 valence electrons. The zero-order valence-electron chi connectivity index (χ0n) is 45.9. The maximum atomic E-state index is 13.0. The van der Waals surface area contributed by atoms with Crippen LogP contribution in [0.3, 0.4) is 0 Å². The van der Waals surface area contributed by atoms with Crippen molar-refractivity contribution in [1.29, 1.82) is 0 Å². The van der Waals surface area contributed by atoms with Crippen LogP contribution in [-0.2, 0) is 18.4 Å². The summed E-state index contributed by atoms with van der Waals surface area (Å²) >= 11 is 0. The molecule has 0 aromatic rings. The maximum Gasteiger partial charge on any atom is 0.268 e. The Hall–Kier alpha value is -0.500. The summed E-state index contributed by atoms with van der Waals surface area (Å²) in [6, 6.07) is -0.795. The van der Waals surface area contributed by atoms with Gasteiger partial charge in [-0.1, -0.05) is 296 Å². The molecule has 0 rings (SSSR count). The van der Waals surface area contributed by atoms with Crippen molar-refractivity contribution in [1.82, 2.24) is 5.32 Å². The zero-order chi connectivity index (χ0) is 49.2. The normalized spacial score (nSPS) is 13.8. The number of nitrogens with one attached hydrogen (secondary N) is 1. The van der Waals surface area contributed by atoms with Crippen LogP contribution in [0.2, 0.25) is 0 Å². The Bertz CT molecular complexity index is 1060. The molecule has 1 unspecified atom stereocenters. The van der Waals surface area contributed by atoms with Crippen molar-refractivity contribution in [3.8, 4) is 0 Å². The third-order valence-corrected chi connectivity index (χ3v) is 15.1. The second kappa shape index (κ2) is 50.4. The second-order valence-corrected chi connectivity index (χ2v) is 23.5. The number of nitrogens with zero attached hydrogens (tertiary/aromatic N) is 1. The van der Waals surface area contributed by atoms with Crippen LogP contribution in [-0.4, -0.2) is 68.5 Å². The van der Waals surface area contributed by atoms with Crippen LogP contribution >= 0.6 is 7.82 Å². The number of hydrogen-bond donors (Lipinski definition) is 2. The fourth-order valence-electron chi connectivity index (χ4n) is 9.40. The van der Waals surface area contributed by atoms with Crippen LogP contribution in [0.1, 0.15) is 316 Å². The van der Waals surface area contributed by atoms with Crippen molar-refractivity contribution < 1.29 is 32.9 Å². The lowest BCUT2D eigenvalue weighted by Gasteiger charge is -2.30. The molecule has 0 saturated carbocycles. The largest absolute Gasteiger partial charge is 0.756 e. The Kier molecular flexibility index (Phi) is 50.1. The molecule has 0 aromatic heterocycles. The number of unbranched alkanes of at least 4 members (excludes halogenated alkanes) is 43. The molecule has 0 aliphatic heterocycles. The first kappa shape index (κ1) is 66.5. The minimum Gasteiger partial charge on any atom is -0.756 e. The van der Waals surface area contributed by atoms with Gasteiger partial charge in [-0.2, -0.15) is 0 Å². The molecule has 0 heterocycles. The summed E-state index contributed by atoms with van der Waals surface area (Å²) in [5, 5.41) is 14.0. The Morgan fingerprint density at radius 2 is 0.731 bits per heavy atom. The molecule has 0 aromatic carbocycles. The molecule has 0 aliphatic rings. The summed E-state index contributed by atoms with van der Waals surface area (Å²) in [4.78, 5) is 25.5. The van der Waals surface area contributed by atoms with Gasteiger partial charge in [0.2, 0.25) is 5.91 Å². The van der Waals surface area contributed by atoms with E-state index < -0.39 is 20.0 Å². The fourth-order valence-corrected chi connectivity index (χ4v) is 10.1. The van der Waals surface area contributed by atoms with Crippen molar-refractivity contribution in [3.63, 3.8) is 0 Å². The molecule has 0 saturated heterocycles. The topological polar surface area (TPSA) is 108 Å². The first-order valence-corrected chi connectivity index (χ1v) is 31.3. The summed E-state index contributed by atoms with van der Waals surface area (Å²) < 4.78 is 23.4. The lowest BCUT2D eigenvalue weighted by molar-refractivity contribution is -0.870. The Labute approximate surface area is 419 Å². The van der Waals surface area contributed by atoms with Gasteiger partial charge in [-0.25, -0.2) is 0 Å². The summed E-state index contributed by atoms with van der Waals surface area (Å²) in [5.74, 6) is -0.156. The molecule has 0 fully saturated rings. The Morgan fingerprint density at radius 1 is 0.463 bits per heavy atom. The van der Waals surface area contributed by atoms with Gasteiger partial charge in [0.25, 0.3) is 7.82 Å². The van der Waals surface area contributed by atoms with E-state index in [-0.39, 0.29) is 19.1 Å². The first-order valence-electron chi connectivity index (χ1n) is 29.9. The van der Waals surface area contributed by atoms with Crippen molar-refractivity contribution in [3.05, 3.63) is 0 Å². The van der Waals surface area contributed by atoms with Gasteiger partial charge in [0.1, 0.15) is 13.2 Å². The Balaban J connectivity index is 4.02. The minimum atomic E-state index is -4.57. The smallest absolute Gasteiger partial charge is 0.268 e. The molecule has 2 N–H and O–H groups in total. The van der Waals surface area contributed by atoms with E-state index in [2.05, 4.69) is 19.2 Å². The lowest BCUT2D eigenvalue weighted by atomic mass is 10.0. The highest BCUT2D eigenvalue weighted by Crippen LogP contribution is 2.38. The van der Waals surface area contributed by atoms with E-state index in [9.17, 15) is 19.4 Å². The standard InChI is InChI=1S/C58H119N2O6P/c1-6-8-10-12-14-16-18-20-22-24-25-26-27-28-29-30-31-32-33-34-35-36-38-40-42-44-46-48-50-52-58(62)59-56(55-66-67(63,64)65-54-53-60(3,4)5)57(61)51-49-47-45-43-41-39-37-23-21-19-17-15-13-11-9-7-2/h56-57,61H,6-55H2,1-5H3,(H-,59,62,63,64)/t56-,57+/m0/s1. The highest BCUT2D eigenvalue weighted by molar-refractivity contribution is 7.45. The number of phosphoric ester groups is 1. The van der Waals surface area contributed by atoms with Crippen LogP contribution in [0.5, 0.6) is 0 Å². The van der Waals surface area contributed by atoms with Crippen molar-refractivity contribution in [2.24, 2.45) is 0 Å². The number of quaternary nitrogens is 1. The van der Waals surface area contributed by atoms with Gasteiger partial charge in [0.15, 0.2) is 0 Å². The van der Waals surface area contributed by atoms with Gasteiger partial charge in [-0.3, -0.25) is 9.36 Å². The van der Waals surface area contributed by atoms with E-state index in [4.69, 9.17) is 9.05 Å². The van der Waals surface area contributed by atoms with Crippen molar-refractivity contribution in [2.45, 2.75) is 328 Å². The van der Waals surface area contributed by atoms with Crippen LogP contribution in [0.15, 0.2) is 0 Å². The highest BCUT2D eigenvalue weighted by atomic mass is 31.2.